The summed E-state index contributed by atoms with van der Waals surface area (Å²) in [5.74, 6) is -0.738. The first-order chi connectivity index (χ1) is 16.5. The monoisotopic (exact) mass is 451 g/mol. The molecule has 0 fully saturated rings. The molecule has 0 aliphatic carbocycles. The van der Waals surface area contributed by atoms with Crippen LogP contribution in [-0.4, -0.2) is 34.4 Å². The van der Waals surface area contributed by atoms with Gasteiger partial charge < -0.3 is 5.32 Å². The Hall–Kier alpha value is -4.52. The van der Waals surface area contributed by atoms with Crippen LogP contribution in [-0.2, 0) is 4.79 Å². The predicted molar refractivity (Wildman–Crippen MR) is 133 cm³/mol. The highest BCUT2D eigenvalue weighted by Gasteiger charge is 2.12. The number of aromatic nitrogens is 2. The fourth-order valence-electron chi connectivity index (χ4n) is 3.39. The second-order valence-corrected chi connectivity index (χ2v) is 7.92. The highest BCUT2D eigenvalue weighted by atomic mass is 16.2. The number of rotatable bonds is 7. The van der Waals surface area contributed by atoms with Crippen molar-refractivity contribution in [1.82, 2.24) is 20.5 Å². The molecule has 0 saturated carbocycles. The summed E-state index contributed by atoms with van der Waals surface area (Å²) in [6.45, 7) is 3.75. The minimum absolute atomic E-state index is 0.182. The maximum absolute atomic E-state index is 12.2. The Kier molecular flexibility index (Phi) is 6.93. The van der Waals surface area contributed by atoms with E-state index in [9.17, 15) is 9.59 Å². The van der Waals surface area contributed by atoms with Gasteiger partial charge in [0.15, 0.2) is 0 Å². The number of nitrogens with zero attached hydrogens (tertiary/aromatic N) is 3. The first-order valence-electron chi connectivity index (χ1n) is 10.9. The normalized spacial score (nSPS) is 10.9. The van der Waals surface area contributed by atoms with Crippen molar-refractivity contribution in [1.29, 1.82) is 0 Å². The Balaban J connectivity index is 1.46. The van der Waals surface area contributed by atoms with Crippen molar-refractivity contribution in [3.8, 4) is 16.9 Å². The quantitative estimate of drug-likeness (QED) is 0.328. The van der Waals surface area contributed by atoms with E-state index >= 15 is 0 Å². The van der Waals surface area contributed by atoms with Crippen molar-refractivity contribution in [2.75, 3.05) is 6.54 Å². The van der Waals surface area contributed by atoms with Crippen molar-refractivity contribution >= 4 is 18.0 Å². The lowest BCUT2D eigenvalue weighted by atomic mass is 10.1. The number of hydrogen-bond acceptors (Lipinski definition) is 4. The second kappa shape index (κ2) is 10.4. The number of nitrogens with one attached hydrogen (secondary N) is 2. The molecule has 34 heavy (non-hydrogen) atoms. The van der Waals surface area contributed by atoms with Gasteiger partial charge in [-0.25, -0.2) is 10.1 Å². The molecule has 3 aromatic carbocycles. The Morgan fingerprint density at radius 3 is 2.44 bits per heavy atom. The maximum Gasteiger partial charge on any atom is 0.259 e. The molecule has 0 spiro atoms. The number of para-hydroxylation sites is 1. The first-order valence-corrected chi connectivity index (χ1v) is 10.9. The molecule has 1 heterocycles. The van der Waals surface area contributed by atoms with E-state index in [0.29, 0.717) is 5.56 Å². The van der Waals surface area contributed by atoms with Crippen LogP contribution in [0.3, 0.4) is 0 Å². The zero-order valence-corrected chi connectivity index (χ0v) is 19.0. The summed E-state index contributed by atoms with van der Waals surface area (Å²) >= 11 is 0. The fraction of sp³-hybridized carbons (Fsp3) is 0.111. The average molecular weight is 452 g/mol. The van der Waals surface area contributed by atoms with Crippen LogP contribution >= 0.6 is 0 Å². The zero-order chi connectivity index (χ0) is 23.9. The van der Waals surface area contributed by atoms with Crippen molar-refractivity contribution in [3.63, 3.8) is 0 Å². The maximum atomic E-state index is 12.2. The molecule has 0 bridgehead atoms. The molecule has 4 aromatic rings. The summed E-state index contributed by atoms with van der Waals surface area (Å²) in [5.41, 5.74) is 8.45. The van der Waals surface area contributed by atoms with Crippen LogP contribution in [0, 0.1) is 13.8 Å². The van der Waals surface area contributed by atoms with Gasteiger partial charge in [-0.1, -0.05) is 65.7 Å². The van der Waals surface area contributed by atoms with Gasteiger partial charge in [-0.05, 0) is 38.1 Å². The Bertz CT molecular complexity index is 1320. The number of hydrogen-bond donors (Lipinski definition) is 2. The molecule has 4 rings (SSSR count). The molecule has 0 radical (unpaired) electrons. The third-order valence-electron chi connectivity index (χ3n) is 5.17. The summed E-state index contributed by atoms with van der Waals surface area (Å²) in [4.78, 5) is 24.4. The van der Waals surface area contributed by atoms with Crippen molar-refractivity contribution < 1.29 is 9.59 Å². The lowest BCUT2D eigenvalue weighted by Gasteiger charge is -2.05. The van der Waals surface area contributed by atoms with E-state index < -0.39 is 5.91 Å². The molecule has 0 aliphatic rings. The molecule has 170 valence electrons. The number of hydrazone groups is 1. The largest absolute Gasteiger partial charge is 0.343 e. The highest BCUT2D eigenvalue weighted by molar-refractivity contribution is 5.96. The van der Waals surface area contributed by atoms with Gasteiger partial charge in [0.1, 0.15) is 5.69 Å². The van der Waals surface area contributed by atoms with Crippen LogP contribution < -0.4 is 10.7 Å². The van der Waals surface area contributed by atoms with E-state index in [1.807, 2.05) is 80.7 Å². The standard InChI is InChI=1S/C27H25N5O2/c1-19-11-13-21(14-12-19)26-23(18-32(31-26)24-9-4-3-5-10-24)16-29-30-25(33)17-28-27(34)22-8-6-7-20(2)15-22/h3-16,18H,17H2,1-2H3,(H,28,34)(H,30,33)/b29-16+. The summed E-state index contributed by atoms with van der Waals surface area (Å²) in [5, 5.41) is 11.4. The second-order valence-electron chi connectivity index (χ2n) is 7.92. The van der Waals surface area contributed by atoms with E-state index in [2.05, 4.69) is 15.8 Å². The molecule has 1 aromatic heterocycles. The predicted octanol–water partition coefficient (Wildman–Crippen LogP) is 4.04. The fourth-order valence-corrected chi connectivity index (χ4v) is 3.39. The van der Waals surface area contributed by atoms with Crippen LogP contribution in [0.25, 0.3) is 16.9 Å². The number of carbonyl (C=O) groups excluding carboxylic acids is 2. The Morgan fingerprint density at radius 2 is 1.71 bits per heavy atom. The van der Waals surface area contributed by atoms with Crippen LogP contribution in [0.2, 0.25) is 0 Å². The molecule has 0 saturated heterocycles. The van der Waals surface area contributed by atoms with E-state index in [4.69, 9.17) is 5.10 Å². The lowest BCUT2D eigenvalue weighted by Crippen LogP contribution is -2.34. The molecule has 0 unspecified atom stereocenters. The van der Waals surface area contributed by atoms with E-state index in [0.717, 1.165) is 33.6 Å². The molecule has 7 heteroatoms. The van der Waals surface area contributed by atoms with Crippen LogP contribution in [0.5, 0.6) is 0 Å². The minimum Gasteiger partial charge on any atom is -0.343 e. The van der Waals surface area contributed by atoms with Gasteiger partial charge in [-0.15, -0.1) is 0 Å². The summed E-state index contributed by atoms with van der Waals surface area (Å²) in [6, 6.07) is 25.0. The van der Waals surface area contributed by atoms with E-state index in [-0.39, 0.29) is 12.5 Å². The molecular formula is C27H25N5O2. The number of carbonyl (C=O) groups is 2. The van der Waals surface area contributed by atoms with Gasteiger partial charge in [0.25, 0.3) is 11.8 Å². The summed E-state index contributed by atoms with van der Waals surface area (Å²) < 4.78 is 1.78. The third kappa shape index (κ3) is 5.63. The Labute approximate surface area is 198 Å². The van der Waals surface area contributed by atoms with Gasteiger partial charge in [0, 0.05) is 22.9 Å². The van der Waals surface area contributed by atoms with E-state index in [1.165, 1.54) is 0 Å². The minimum atomic E-state index is -0.426. The van der Waals surface area contributed by atoms with E-state index in [1.54, 1.807) is 29.1 Å². The summed E-state index contributed by atoms with van der Waals surface area (Å²) in [6.07, 6.45) is 3.42. The number of aryl methyl sites for hydroxylation is 2. The van der Waals surface area contributed by atoms with Crippen LogP contribution in [0.1, 0.15) is 27.0 Å². The number of benzene rings is 3. The molecular weight excluding hydrogens is 426 g/mol. The topological polar surface area (TPSA) is 88.4 Å². The van der Waals surface area contributed by atoms with Gasteiger partial charge in [0.05, 0.1) is 18.4 Å². The molecule has 0 aliphatic heterocycles. The van der Waals surface area contributed by atoms with Crippen LogP contribution in [0.15, 0.2) is 90.2 Å². The van der Waals surface area contributed by atoms with Crippen LogP contribution in [0.4, 0.5) is 0 Å². The molecule has 2 amide bonds. The first kappa shape index (κ1) is 22.7. The molecule has 7 nitrogen and oxygen atoms in total. The molecule has 2 N–H and O–H groups in total. The zero-order valence-electron chi connectivity index (χ0n) is 19.0. The highest BCUT2D eigenvalue weighted by Crippen LogP contribution is 2.23. The third-order valence-corrected chi connectivity index (χ3v) is 5.17. The van der Waals surface area contributed by atoms with Crippen molar-refractivity contribution in [2.45, 2.75) is 13.8 Å². The van der Waals surface area contributed by atoms with Gasteiger partial charge in [-0.3, -0.25) is 9.59 Å². The number of amides is 2. The SMILES string of the molecule is Cc1ccc(-c2nn(-c3ccccc3)cc2/C=N/NC(=O)CNC(=O)c2cccc(C)c2)cc1. The molecule has 0 atom stereocenters. The Morgan fingerprint density at radius 1 is 0.941 bits per heavy atom. The van der Waals surface area contributed by atoms with Gasteiger partial charge in [0.2, 0.25) is 0 Å². The van der Waals surface area contributed by atoms with Crippen molar-refractivity contribution in [3.05, 3.63) is 107 Å². The lowest BCUT2D eigenvalue weighted by molar-refractivity contribution is -0.120. The van der Waals surface area contributed by atoms with Gasteiger partial charge in [-0.2, -0.15) is 10.2 Å². The average Bonchev–Trinajstić information content (AvgIpc) is 3.27. The summed E-state index contributed by atoms with van der Waals surface area (Å²) in [7, 11) is 0. The van der Waals surface area contributed by atoms with Crippen molar-refractivity contribution in [2.24, 2.45) is 5.10 Å². The van der Waals surface area contributed by atoms with Gasteiger partial charge >= 0.3 is 0 Å². The smallest absolute Gasteiger partial charge is 0.259 e.